The number of carbonyl (C=O) groups excluding carboxylic acids is 1. The lowest BCUT2D eigenvalue weighted by Gasteiger charge is -1.99. The van der Waals surface area contributed by atoms with Gasteiger partial charge in [-0.3, -0.25) is 4.79 Å². The Kier molecular flexibility index (Phi) is 3.89. The molecule has 0 aliphatic rings. The lowest BCUT2D eigenvalue weighted by Crippen LogP contribution is -2.02. The van der Waals surface area contributed by atoms with Crippen LogP contribution in [0.15, 0.2) is 22.8 Å². The smallest absolute Gasteiger partial charge is 0.305 e. The second kappa shape index (κ2) is 4.97. The minimum atomic E-state index is -0.207. The van der Waals surface area contributed by atoms with E-state index in [1.807, 2.05) is 18.2 Å². The van der Waals surface area contributed by atoms with E-state index in [9.17, 15) is 4.79 Å². The van der Waals surface area contributed by atoms with E-state index in [0.717, 1.165) is 10.3 Å². The first-order valence-corrected chi connectivity index (χ1v) is 4.70. The van der Waals surface area contributed by atoms with Gasteiger partial charge in [-0.15, -0.1) is 0 Å². The molecule has 0 bridgehead atoms. The molecule has 70 valence electrons. The summed E-state index contributed by atoms with van der Waals surface area (Å²) < 4.78 is 5.31. The third kappa shape index (κ3) is 3.55. The quantitative estimate of drug-likeness (QED) is 0.602. The SMILES string of the molecule is COC(=O)CCc1cccc(Br)n1. The Labute approximate surface area is 85.3 Å². The van der Waals surface area contributed by atoms with Crippen molar-refractivity contribution in [2.24, 2.45) is 0 Å². The molecule has 1 aromatic heterocycles. The molecule has 1 heterocycles. The van der Waals surface area contributed by atoms with E-state index in [-0.39, 0.29) is 5.97 Å². The van der Waals surface area contributed by atoms with Gasteiger partial charge in [0, 0.05) is 12.1 Å². The van der Waals surface area contributed by atoms with Crippen LogP contribution < -0.4 is 0 Å². The summed E-state index contributed by atoms with van der Waals surface area (Å²) in [6, 6.07) is 5.62. The minimum absolute atomic E-state index is 0.207. The molecule has 1 aromatic rings. The van der Waals surface area contributed by atoms with E-state index >= 15 is 0 Å². The number of aromatic nitrogens is 1. The number of methoxy groups -OCH3 is 1. The van der Waals surface area contributed by atoms with Crippen LogP contribution in [-0.2, 0) is 16.0 Å². The second-order valence-corrected chi connectivity index (χ2v) is 3.34. The molecular weight excluding hydrogens is 234 g/mol. The van der Waals surface area contributed by atoms with Gasteiger partial charge in [0.05, 0.1) is 13.5 Å². The highest BCUT2D eigenvalue weighted by atomic mass is 79.9. The molecule has 13 heavy (non-hydrogen) atoms. The second-order valence-electron chi connectivity index (χ2n) is 2.53. The number of aryl methyl sites for hydroxylation is 1. The number of hydrogen-bond donors (Lipinski definition) is 0. The molecule has 0 aromatic carbocycles. The first-order valence-electron chi connectivity index (χ1n) is 3.90. The van der Waals surface area contributed by atoms with E-state index in [0.29, 0.717) is 12.8 Å². The van der Waals surface area contributed by atoms with Gasteiger partial charge in [-0.2, -0.15) is 0 Å². The largest absolute Gasteiger partial charge is 0.469 e. The maximum atomic E-state index is 10.8. The molecular formula is C9H10BrNO2. The normalized spacial score (nSPS) is 9.69. The first-order chi connectivity index (χ1) is 6.22. The Hall–Kier alpha value is -0.900. The van der Waals surface area contributed by atoms with Crippen molar-refractivity contribution >= 4 is 21.9 Å². The van der Waals surface area contributed by atoms with Crippen LogP contribution in [0.25, 0.3) is 0 Å². The van der Waals surface area contributed by atoms with Crippen LogP contribution >= 0.6 is 15.9 Å². The van der Waals surface area contributed by atoms with Crippen LogP contribution in [0.3, 0.4) is 0 Å². The lowest BCUT2D eigenvalue weighted by molar-refractivity contribution is -0.140. The molecule has 1 rings (SSSR count). The van der Waals surface area contributed by atoms with Crippen molar-refractivity contribution in [2.45, 2.75) is 12.8 Å². The van der Waals surface area contributed by atoms with Gasteiger partial charge in [-0.05, 0) is 28.1 Å². The van der Waals surface area contributed by atoms with E-state index in [4.69, 9.17) is 0 Å². The predicted octanol–water partition coefficient (Wildman–Crippen LogP) is 1.95. The third-order valence-electron chi connectivity index (χ3n) is 1.59. The maximum absolute atomic E-state index is 10.8. The van der Waals surface area contributed by atoms with Crippen molar-refractivity contribution in [2.75, 3.05) is 7.11 Å². The predicted molar refractivity (Wildman–Crippen MR) is 52.3 cm³/mol. The zero-order valence-electron chi connectivity index (χ0n) is 7.29. The van der Waals surface area contributed by atoms with E-state index in [1.165, 1.54) is 7.11 Å². The fourth-order valence-electron chi connectivity index (χ4n) is 0.922. The number of ether oxygens (including phenoxy) is 1. The lowest BCUT2D eigenvalue weighted by atomic mass is 10.2. The number of hydrogen-bond acceptors (Lipinski definition) is 3. The Morgan fingerprint density at radius 1 is 1.62 bits per heavy atom. The van der Waals surface area contributed by atoms with Gasteiger partial charge in [-0.1, -0.05) is 6.07 Å². The number of rotatable bonds is 3. The molecule has 0 unspecified atom stereocenters. The Bertz CT molecular complexity index is 301. The summed E-state index contributed by atoms with van der Waals surface area (Å²) in [5.41, 5.74) is 0.889. The monoisotopic (exact) mass is 243 g/mol. The van der Waals surface area contributed by atoms with Crippen molar-refractivity contribution in [3.05, 3.63) is 28.5 Å². The summed E-state index contributed by atoms with van der Waals surface area (Å²) in [5.74, 6) is -0.207. The van der Waals surface area contributed by atoms with Crippen LogP contribution in [0.4, 0.5) is 0 Å². The van der Waals surface area contributed by atoms with Gasteiger partial charge in [0.1, 0.15) is 4.60 Å². The van der Waals surface area contributed by atoms with Gasteiger partial charge in [0.2, 0.25) is 0 Å². The summed E-state index contributed by atoms with van der Waals surface area (Å²) in [5, 5.41) is 0. The molecule has 0 aliphatic heterocycles. The first kappa shape index (κ1) is 10.2. The Balaban J connectivity index is 2.50. The molecule has 0 saturated heterocycles. The molecule has 4 heteroatoms. The van der Waals surface area contributed by atoms with E-state index < -0.39 is 0 Å². The Morgan fingerprint density at radius 2 is 2.38 bits per heavy atom. The molecule has 0 fully saturated rings. The van der Waals surface area contributed by atoms with E-state index in [2.05, 4.69) is 25.7 Å². The van der Waals surface area contributed by atoms with Crippen molar-refractivity contribution in [1.82, 2.24) is 4.98 Å². The summed E-state index contributed by atoms with van der Waals surface area (Å²) in [6.07, 6.45) is 0.992. The number of esters is 1. The molecule has 0 radical (unpaired) electrons. The van der Waals surface area contributed by atoms with Gasteiger partial charge >= 0.3 is 5.97 Å². The summed E-state index contributed by atoms with van der Waals surface area (Å²) in [6.45, 7) is 0. The van der Waals surface area contributed by atoms with Gasteiger partial charge in [0.15, 0.2) is 0 Å². The summed E-state index contributed by atoms with van der Waals surface area (Å²) >= 11 is 3.26. The van der Waals surface area contributed by atoms with Crippen LogP contribution in [-0.4, -0.2) is 18.1 Å². The minimum Gasteiger partial charge on any atom is -0.469 e. The standard InChI is InChI=1S/C9H10BrNO2/c1-13-9(12)6-5-7-3-2-4-8(10)11-7/h2-4H,5-6H2,1H3. The molecule has 0 aliphatic carbocycles. The zero-order chi connectivity index (χ0) is 9.68. The van der Waals surface area contributed by atoms with Crippen molar-refractivity contribution < 1.29 is 9.53 Å². The third-order valence-corrected chi connectivity index (χ3v) is 2.03. The maximum Gasteiger partial charge on any atom is 0.305 e. The van der Waals surface area contributed by atoms with Crippen molar-refractivity contribution in [1.29, 1.82) is 0 Å². The van der Waals surface area contributed by atoms with Crippen LogP contribution in [0.1, 0.15) is 12.1 Å². The van der Waals surface area contributed by atoms with Crippen LogP contribution in [0.2, 0.25) is 0 Å². The molecule has 0 atom stereocenters. The zero-order valence-corrected chi connectivity index (χ0v) is 8.87. The highest BCUT2D eigenvalue weighted by Gasteiger charge is 2.02. The fourth-order valence-corrected chi connectivity index (χ4v) is 1.30. The van der Waals surface area contributed by atoms with Gasteiger partial charge in [0.25, 0.3) is 0 Å². The highest BCUT2D eigenvalue weighted by molar-refractivity contribution is 9.10. The summed E-state index contributed by atoms with van der Waals surface area (Å²) in [7, 11) is 1.39. The van der Waals surface area contributed by atoms with Crippen molar-refractivity contribution in [3.63, 3.8) is 0 Å². The molecule has 0 saturated carbocycles. The highest BCUT2D eigenvalue weighted by Crippen LogP contribution is 2.07. The Morgan fingerprint density at radius 3 is 3.00 bits per heavy atom. The summed E-state index contributed by atoms with van der Waals surface area (Å²) in [4.78, 5) is 15.0. The molecule has 3 nitrogen and oxygen atoms in total. The van der Waals surface area contributed by atoms with Gasteiger partial charge < -0.3 is 4.74 Å². The van der Waals surface area contributed by atoms with Crippen molar-refractivity contribution in [3.8, 4) is 0 Å². The van der Waals surface area contributed by atoms with Crippen LogP contribution in [0, 0.1) is 0 Å². The average molecular weight is 244 g/mol. The number of nitrogens with zero attached hydrogens (tertiary/aromatic N) is 1. The molecule has 0 amide bonds. The molecule has 0 N–H and O–H groups in total. The fraction of sp³-hybridized carbons (Fsp3) is 0.333. The number of carbonyl (C=O) groups is 1. The number of pyridine rings is 1. The average Bonchev–Trinajstić information content (AvgIpc) is 2.14. The van der Waals surface area contributed by atoms with E-state index in [1.54, 1.807) is 0 Å². The number of halogens is 1. The molecule has 0 spiro atoms. The topological polar surface area (TPSA) is 39.2 Å². The van der Waals surface area contributed by atoms with Crippen LogP contribution in [0.5, 0.6) is 0 Å². The van der Waals surface area contributed by atoms with Gasteiger partial charge in [-0.25, -0.2) is 4.98 Å².